The van der Waals surface area contributed by atoms with E-state index in [0.717, 1.165) is 49.9 Å². The van der Waals surface area contributed by atoms with E-state index in [0.29, 0.717) is 18.7 Å². The average Bonchev–Trinajstić information content (AvgIpc) is 3.33. The minimum Gasteiger partial charge on any atom is -0.454 e. The van der Waals surface area contributed by atoms with Gasteiger partial charge in [-0.2, -0.15) is 4.98 Å². The van der Waals surface area contributed by atoms with Gasteiger partial charge in [0, 0.05) is 25.7 Å². The molecule has 3 aliphatic rings. The molecule has 0 N–H and O–H groups in total. The van der Waals surface area contributed by atoms with Gasteiger partial charge >= 0.3 is 0 Å². The van der Waals surface area contributed by atoms with Gasteiger partial charge in [0.05, 0.1) is 12.0 Å². The van der Waals surface area contributed by atoms with Gasteiger partial charge in [0.15, 0.2) is 17.3 Å². The molecule has 3 atom stereocenters. The molecule has 5 rings (SSSR count). The lowest BCUT2D eigenvalue weighted by Crippen LogP contribution is -2.48. The third kappa shape index (κ3) is 2.77. The van der Waals surface area contributed by atoms with Gasteiger partial charge in [-0.05, 0) is 37.5 Å². The van der Waals surface area contributed by atoms with Crippen molar-refractivity contribution in [1.82, 2.24) is 15.0 Å². The number of piperidine rings is 1. The maximum absolute atomic E-state index is 5.98. The number of aromatic nitrogens is 2. The lowest BCUT2D eigenvalue weighted by Gasteiger charge is -2.39. The Hall–Kier alpha value is -2.12. The summed E-state index contributed by atoms with van der Waals surface area (Å²) in [4.78, 5) is 6.93. The van der Waals surface area contributed by atoms with E-state index in [9.17, 15) is 0 Å². The minimum atomic E-state index is 0.217. The predicted octanol–water partition coefficient (Wildman–Crippen LogP) is 2.25. The molecule has 0 amide bonds. The van der Waals surface area contributed by atoms with Crippen LogP contribution in [-0.4, -0.2) is 47.1 Å². The van der Waals surface area contributed by atoms with Crippen LogP contribution in [0.2, 0.25) is 0 Å². The van der Waals surface area contributed by atoms with E-state index in [-0.39, 0.29) is 12.0 Å². The Morgan fingerprint density at radius 2 is 2.16 bits per heavy atom. The molecular formula is C18H21N3O4. The SMILES string of the molecule is Cc1noc([C@H]2C[C@H]3OCC[C@H]3N(Cc3ccc4c(c3)OCO4)C2)n1. The quantitative estimate of drug-likeness (QED) is 0.846. The summed E-state index contributed by atoms with van der Waals surface area (Å²) in [6, 6.07) is 6.63. The monoisotopic (exact) mass is 343 g/mol. The topological polar surface area (TPSA) is 69.9 Å². The van der Waals surface area contributed by atoms with Crippen LogP contribution in [0.4, 0.5) is 0 Å². The normalized spacial score (nSPS) is 28.3. The maximum Gasteiger partial charge on any atom is 0.231 e. The van der Waals surface area contributed by atoms with Crippen molar-refractivity contribution in [2.24, 2.45) is 0 Å². The molecule has 3 aliphatic heterocycles. The minimum absolute atomic E-state index is 0.217. The van der Waals surface area contributed by atoms with Gasteiger partial charge < -0.3 is 18.7 Å². The van der Waals surface area contributed by atoms with Gasteiger partial charge in [0.1, 0.15) is 0 Å². The molecule has 1 aromatic carbocycles. The second-order valence-electron chi connectivity index (χ2n) is 6.99. The van der Waals surface area contributed by atoms with Crippen LogP contribution in [-0.2, 0) is 11.3 Å². The molecule has 0 bridgehead atoms. The van der Waals surface area contributed by atoms with Gasteiger partial charge in [-0.25, -0.2) is 0 Å². The Bertz CT molecular complexity index is 777. The summed E-state index contributed by atoms with van der Waals surface area (Å²) < 4.78 is 22.3. The van der Waals surface area contributed by atoms with E-state index in [1.54, 1.807) is 0 Å². The van der Waals surface area contributed by atoms with Crippen molar-refractivity contribution in [1.29, 1.82) is 0 Å². The molecule has 0 aliphatic carbocycles. The zero-order valence-corrected chi connectivity index (χ0v) is 14.2. The third-order valence-electron chi connectivity index (χ3n) is 5.33. The molecule has 25 heavy (non-hydrogen) atoms. The lowest BCUT2D eigenvalue weighted by atomic mass is 9.89. The number of hydrogen-bond acceptors (Lipinski definition) is 7. The van der Waals surface area contributed by atoms with Crippen molar-refractivity contribution in [3.63, 3.8) is 0 Å². The van der Waals surface area contributed by atoms with Crippen molar-refractivity contribution in [3.8, 4) is 11.5 Å². The number of aryl methyl sites for hydroxylation is 1. The predicted molar refractivity (Wildman–Crippen MR) is 87.5 cm³/mol. The summed E-state index contributed by atoms with van der Waals surface area (Å²) in [7, 11) is 0. The Kier molecular flexibility index (Phi) is 3.64. The fourth-order valence-corrected chi connectivity index (χ4v) is 4.17. The highest BCUT2D eigenvalue weighted by Crippen LogP contribution is 2.38. The number of ether oxygens (including phenoxy) is 3. The zero-order chi connectivity index (χ0) is 16.8. The van der Waals surface area contributed by atoms with Crippen molar-refractivity contribution < 1.29 is 18.7 Å². The first kappa shape index (κ1) is 15.2. The number of fused-ring (bicyclic) bond motifs is 2. The van der Waals surface area contributed by atoms with E-state index >= 15 is 0 Å². The number of rotatable bonds is 3. The van der Waals surface area contributed by atoms with Crippen LogP contribution in [0.25, 0.3) is 0 Å². The summed E-state index contributed by atoms with van der Waals surface area (Å²) in [5.74, 6) is 3.28. The second kappa shape index (κ2) is 6.00. The molecule has 2 saturated heterocycles. The van der Waals surface area contributed by atoms with Crippen LogP contribution in [0.3, 0.4) is 0 Å². The standard InChI is InChI=1S/C18H21N3O4/c1-11-19-18(25-20-11)13-7-16-14(4-5-22-16)21(9-13)8-12-2-3-15-17(6-12)24-10-23-15/h2-3,6,13-14,16H,4-5,7-10H2,1H3/t13-,14+,16+/m0/s1. The summed E-state index contributed by atoms with van der Waals surface area (Å²) in [6.45, 7) is 4.74. The summed E-state index contributed by atoms with van der Waals surface area (Å²) >= 11 is 0. The van der Waals surface area contributed by atoms with Crippen molar-refractivity contribution in [2.45, 2.75) is 44.4 Å². The molecule has 0 radical (unpaired) electrons. The van der Waals surface area contributed by atoms with Gasteiger partial charge in [-0.3, -0.25) is 4.90 Å². The van der Waals surface area contributed by atoms with E-state index in [2.05, 4.69) is 27.2 Å². The number of benzene rings is 1. The average molecular weight is 343 g/mol. The van der Waals surface area contributed by atoms with Crippen LogP contribution in [0.15, 0.2) is 22.7 Å². The molecule has 132 valence electrons. The Balaban J connectivity index is 1.38. The smallest absolute Gasteiger partial charge is 0.231 e. The first-order valence-electron chi connectivity index (χ1n) is 8.80. The summed E-state index contributed by atoms with van der Waals surface area (Å²) in [5, 5.41) is 3.95. The van der Waals surface area contributed by atoms with Gasteiger partial charge in [-0.1, -0.05) is 11.2 Å². The van der Waals surface area contributed by atoms with Gasteiger partial charge in [0.25, 0.3) is 0 Å². The van der Waals surface area contributed by atoms with Gasteiger partial charge in [-0.15, -0.1) is 0 Å². The van der Waals surface area contributed by atoms with Crippen LogP contribution < -0.4 is 9.47 Å². The Labute approximate surface area is 145 Å². The highest BCUT2D eigenvalue weighted by Gasteiger charge is 2.42. The zero-order valence-electron chi connectivity index (χ0n) is 14.2. The highest BCUT2D eigenvalue weighted by atomic mass is 16.7. The summed E-state index contributed by atoms with van der Waals surface area (Å²) in [5.41, 5.74) is 1.22. The first-order chi connectivity index (χ1) is 12.3. The molecular weight excluding hydrogens is 322 g/mol. The van der Waals surface area contributed by atoms with Crippen molar-refractivity contribution in [3.05, 3.63) is 35.5 Å². The number of nitrogens with zero attached hydrogens (tertiary/aromatic N) is 3. The highest BCUT2D eigenvalue weighted by molar-refractivity contribution is 5.44. The molecule has 0 saturated carbocycles. The third-order valence-corrected chi connectivity index (χ3v) is 5.33. The molecule has 7 nitrogen and oxygen atoms in total. The van der Waals surface area contributed by atoms with Crippen molar-refractivity contribution >= 4 is 0 Å². The summed E-state index contributed by atoms with van der Waals surface area (Å²) in [6.07, 6.45) is 2.26. The molecule has 2 fully saturated rings. The second-order valence-corrected chi connectivity index (χ2v) is 6.99. The molecule has 2 aromatic rings. The molecule has 4 heterocycles. The molecule has 1 aromatic heterocycles. The van der Waals surface area contributed by atoms with E-state index in [1.807, 2.05) is 13.0 Å². The van der Waals surface area contributed by atoms with E-state index in [4.69, 9.17) is 18.7 Å². The van der Waals surface area contributed by atoms with E-state index < -0.39 is 0 Å². The molecule has 0 spiro atoms. The van der Waals surface area contributed by atoms with E-state index in [1.165, 1.54) is 5.56 Å². The Morgan fingerprint density at radius 3 is 3.04 bits per heavy atom. The fourth-order valence-electron chi connectivity index (χ4n) is 4.17. The molecule has 0 unspecified atom stereocenters. The fraction of sp³-hybridized carbons (Fsp3) is 0.556. The maximum atomic E-state index is 5.98. The van der Waals surface area contributed by atoms with Crippen LogP contribution in [0, 0.1) is 6.92 Å². The molecule has 7 heteroatoms. The lowest BCUT2D eigenvalue weighted by molar-refractivity contribution is 0.00846. The van der Waals surface area contributed by atoms with Crippen molar-refractivity contribution in [2.75, 3.05) is 19.9 Å². The number of hydrogen-bond donors (Lipinski definition) is 0. The van der Waals surface area contributed by atoms with Crippen LogP contribution in [0.5, 0.6) is 11.5 Å². The largest absolute Gasteiger partial charge is 0.454 e. The number of likely N-dealkylation sites (tertiary alicyclic amines) is 1. The first-order valence-corrected chi connectivity index (χ1v) is 8.80. The van der Waals surface area contributed by atoms with Crippen LogP contribution in [0.1, 0.15) is 36.0 Å². The van der Waals surface area contributed by atoms with Gasteiger partial charge in [0.2, 0.25) is 12.7 Å². The van der Waals surface area contributed by atoms with Crippen LogP contribution >= 0.6 is 0 Å². The Morgan fingerprint density at radius 1 is 1.24 bits per heavy atom.